The molecule has 2 aromatic heterocycles. The topological polar surface area (TPSA) is 35.6 Å². The van der Waals surface area contributed by atoms with Crippen molar-refractivity contribution < 1.29 is 8.78 Å². The van der Waals surface area contributed by atoms with Crippen LogP contribution in [0.4, 0.5) is 8.78 Å². The number of nitrogens with zero attached hydrogens (tertiary/aromatic N) is 4. The fourth-order valence-electron chi connectivity index (χ4n) is 2.74. The molecule has 0 bridgehead atoms. The third-order valence-corrected chi connectivity index (χ3v) is 4.01. The third kappa shape index (κ3) is 2.27. The van der Waals surface area contributed by atoms with Crippen molar-refractivity contribution >= 4 is 11.0 Å². The highest BCUT2D eigenvalue weighted by Gasteiger charge is 2.17. The number of imidazole rings is 2. The maximum atomic E-state index is 13.7. The molecule has 0 unspecified atom stereocenters. The molecule has 4 aromatic rings. The van der Waals surface area contributed by atoms with E-state index < -0.39 is 11.6 Å². The second kappa shape index (κ2) is 5.56. The lowest BCUT2D eigenvalue weighted by atomic mass is 10.1. The molecule has 120 valence electrons. The van der Waals surface area contributed by atoms with Crippen molar-refractivity contribution in [2.45, 2.75) is 13.3 Å². The van der Waals surface area contributed by atoms with Gasteiger partial charge in [0.1, 0.15) is 6.33 Å². The highest BCUT2D eigenvalue weighted by molar-refractivity contribution is 5.81. The lowest BCUT2D eigenvalue weighted by Gasteiger charge is -2.10. The van der Waals surface area contributed by atoms with Crippen molar-refractivity contribution in [3.05, 3.63) is 72.3 Å². The minimum absolute atomic E-state index is 0.386. The van der Waals surface area contributed by atoms with Crippen LogP contribution in [0, 0.1) is 11.6 Å². The van der Waals surface area contributed by atoms with Gasteiger partial charge in [-0.05, 0) is 12.0 Å². The van der Waals surface area contributed by atoms with Gasteiger partial charge in [-0.25, -0.2) is 28.1 Å². The highest BCUT2D eigenvalue weighted by Crippen LogP contribution is 2.27. The van der Waals surface area contributed by atoms with Crippen LogP contribution in [0.2, 0.25) is 0 Å². The van der Waals surface area contributed by atoms with E-state index in [0.29, 0.717) is 16.9 Å². The predicted molar refractivity (Wildman–Crippen MR) is 87.5 cm³/mol. The molecule has 2 aromatic carbocycles. The van der Waals surface area contributed by atoms with Gasteiger partial charge in [0, 0.05) is 30.1 Å². The molecule has 0 radical (unpaired) electrons. The fraction of sp³-hybridized carbons (Fsp3) is 0.111. The summed E-state index contributed by atoms with van der Waals surface area (Å²) in [4.78, 5) is 8.54. The summed E-state index contributed by atoms with van der Waals surface area (Å²) in [5, 5.41) is 0. The van der Waals surface area contributed by atoms with Crippen molar-refractivity contribution in [1.29, 1.82) is 0 Å². The third-order valence-electron chi connectivity index (χ3n) is 4.01. The summed E-state index contributed by atoms with van der Waals surface area (Å²) in [7, 11) is 0. The maximum absolute atomic E-state index is 13.7. The van der Waals surface area contributed by atoms with Gasteiger partial charge >= 0.3 is 0 Å². The molecule has 0 amide bonds. The van der Waals surface area contributed by atoms with Gasteiger partial charge in [-0.2, -0.15) is 0 Å². The van der Waals surface area contributed by atoms with Crippen molar-refractivity contribution in [3.8, 4) is 11.4 Å². The second-order valence-corrected chi connectivity index (χ2v) is 5.50. The Labute approximate surface area is 137 Å². The molecule has 0 spiro atoms. The molecule has 6 heteroatoms. The first-order chi connectivity index (χ1) is 11.7. The molecule has 0 aliphatic carbocycles. The van der Waals surface area contributed by atoms with Gasteiger partial charge in [0.2, 0.25) is 0 Å². The molecule has 2 heterocycles. The summed E-state index contributed by atoms with van der Waals surface area (Å²) < 4.78 is 30.7. The van der Waals surface area contributed by atoms with Crippen LogP contribution in [0.1, 0.15) is 12.5 Å². The summed E-state index contributed by atoms with van der Waals surface area (Å²) in [6, 6.07) is 10.2. The molecule has 0 fully saturated rings. The second-order valence-electron chi connectivity index (χ2n) is 5.50. The van der Waals surface area contributed by atoms with E-state index in [-0.39, 0.29) is 0 Å². The van der Waals surface area contributed by atoms with E-state index in [1.807, 2.05) is 24.3 Å². The molecule has 4 nitrogen and oxygen atoms in total. The van der Waals surface area contributed by atoms with Gasteiger partial charge in [-0.3, -0.25) is 0 Å². The van der Waals surface area contributed by atoms with Crippen LogP contribution in [-0.4, -0.2) is 19.3 Å². The van der Waals surface area contributed by atoms with E-state index in [9.17, 15) is 8.78 Å². The van der Waals surface area contributed by atoms with E-state index in [2.05, 4.69) is 16.9 Å². The average molecular weight is 324 g/mol. The van der Waals surface area contributed by atoms with Gasteiger partial charge in [0.15, 0.2) is 17.5 Å². The van der Waals surface area contributed by atoms with Gasteiger partial charge in [-0.1, -0.05) is 31.2 Å². The number of aromatic nitrogens is 4. The van der Waals surface area contributed by atoms with Crippen molar-refractivity contribution in [1.82, 2.24) is 19.3 Å². The van der Waals surface area contributed by atoms with Crippen LogP contribution in [-0.2, 0) is 6.42 Å². The Bertz CT molecular complexity index is 1000. The number of aryl methyl sites for hydroxylation is 1. The van der Waals surface area contributed by atoms with Crippen LogP contribution < -0.4 is 0 Å². The number of fused-ring (bicyclic) bond motifs is 1. The van der Waals surface area contributed by atoms with Gasteiger partial charge < -0.3 is 0 Å². The van der Waals surface area contributed by atoms with Crippen LogP contribution in [0.15, 0.2) is 55.1 Å². The normalized spacial score (nSPS) is 11.3. The molecule has 4 rings (SSSR count). The molecular weight excluding hydrogens is 310 g/mol. The number of rotatable bonds is 3. The monoisotopic (exact) mass is 324 g/mol. The number of halogens is 2. The zero-order chi connectivity index (χ0) is 16.7. The molecule has 0 saturated heterocycles. The highest BCUT2D eigenvalue weighted by atomic mass is 19.2. The lowest BCUT2D eigenvalue weighted by molar-refractivity contribution is 0.510. The van der Waals surface area contributed by atoms with Crippen molar-refractivity contribution in [2.75, 3.05) is 0 Å². The van der Waals surface area contributed by atoms with E-state index in [4.69, 9.17) is 0 Å². The first-order valence-corrected chi connectivity index (χ1v) is 7.63. The summed E-state index contributed by atoms with van der Waals surface area (Å²) in [6.45, 7) is 2.08. The minimum Gasteiger partial charge on any atom is -0.243 e. The molecule has 0 saturated carbocycles. The van der Waals surface area contributed by atoms with E-state index in [1.54, 1.807) is 28.1 Å². The Hall–Kier alpha value is -3.02. The van der Waals surface area contributed by atoms with E-state index >= 15 is 0 Å². The van der Waals surface area contributed by atoms with Gasteiger partial charge in [-0.15, -0.1) is 0 Å². The molecule has 24 heavy (non-hydrogen) atoms. The Morgan fingerprint density at radius 3 is 2.46 bits per heavy atom. The van der Waals surface area contributed by atoms with Crippen LogP contribution in [0.3, 0.4) is 0 Å². The summed E-state index contributed by atoms with van der Waals surface area (Å²) in [5.74, 6) is -1.22. The molecule has 0 atom stereocenters. The van der Waals surface area contributed by atoms with Crippen LogP contribution >= 0.6 is 0 Å². The van der Waals surface area contributed by atoms with Gasteiger partial charge in [0.25, 0.3) is 0 Å². The Morgan fingerprint density at radius 1 is 1.04 bits per heavy atom. The standard InChI is InChI=1S/C18H14F2N4/c1-2-12-3-5-13(6-4-12)18-22-16-9-14(19)15(20)10-17(16)24(18)23-8-7-21-11-23/h3-11H,2H2,1H3. The number of benzene rings is 2. The minimum atomic E-state index is -0.911. The molecule has 0 aliphatic rings. The smallest absolute Gasteiger partial charge is 0.161 e. The first kappa shape index (κ1) is 14.6. The Morgan fingerprint density at radius 2 is 1.79 bits per heavy atom. The average Bonchev–Trinajstić information content (AvgIpc) is 3.23. The SMILES string of the molecule is CCc1ccc(-c2nc3cc(F)c(F)cc3n2-n2ccnc2)cc1. The molecule has 0 N–H and O–H groups in total. The summed E-state index contributed by atoms with van der Waals surface area (Å²) >= 11 is 0. The zero-order valence-corrected chi connectivity index (χ0v) is 12.9. The van der Waals surface area contributed by atoms with Crippen molar-refractivity contribution in [2.24, 2.45) is 0 Å². The van der Waals surface area contributed by atoms with Crippen molar-refractivity contribution in [3.63, 3.8) is 0 Å². The summed E-state index contributed by atoms with van der Waals surface area (Å²) in [6.07, 6.45) is 5.88. The number of hydrogen-bond donors (Lipinski definition) is 0. The maximum Gasteiger partial charge on any atom is 0.161 e. The Kier molecular flexibility index (Phi) is 3.37. The first-order valence-electron chi connectivity index (χ1n) is 7.63. The lowest BCUT2D eigenvalue weighted by Crippen LogP contribution is -2.08. The largest absolute Gasteiger partial charge is 0.243 e. The molecule has 0 aliphatic heterocycles. The predicted octanol–water partition coefficient (Wildman–Crippen LogP) is 4.05. The quantitative estimate of drug-likeness (QED) is 0.570. The van der Waals surface area contributed by atoms with E-state index in [0.717, 1.165) is 24.1 Å². The van der Waals surface area contributed by atoms with Crippen LogP contribution in [0.5, 0.6) is 0 Å². The van der Waals surface area contributed by atoms with Crippen LogP contribution in [0.25, 0.3) is 22.4 Å². The van der Waals surface area contributed by atoms with Gasteiger partial charge in [0.05, 0.1) is 11.0 Å². The zero-order valence-electron chi connectivity index (χ0n) is 12.9. The fourth-order valence-corrected chi connectivity index (χ4v) is 2.74. The Balaban J connectivity index is 2.01. The summed E-state index contributed by atoms with van der Waals surface area (Å²) in [5.41, 5.74) is 2.93. The number of hydrogen-bond acceptors (Lipinski definition) is 2. The van der Waals surface area contributed by atoms with E-state index in [1.165, 1.54) is 5.56 Å². The molecular formula is C18H14F2N4.